The third-order valence-electron chi connectivity index (χ3n) is 10.4. The molecule has 6 rings (SSSR count). The largest absolute Gasteiger partial charge is 0.486 e. The number of carbonyl (C=O) groups excluding carboxylic acids is 1. The van der Waals surface area contributed by atoms with E-state index in [2.05, 4.69) is 105 Å². The summed E-state index contributed by atoms with van der Waals surface area (Å²) in [7, 11) is 0. The summed E-state index contributed by atoms with van der Waals surface area (Å²) >= 11 is 0. The molecule has 4 heterocycles. The van der Waals surface area contributed by atoms with Crippen LogP contribution in [0.5, 0.6) is 5.75 Å². The first-order valence-electron chi connectivity index (χ1n) is 18.1. The SMILES string of the molecule is C=C(/C=C\C(C)=C(/C)CN1Cc2cnccc2OC(C)(C)C1)[C@@H](c1ccc2c(nnn2CC)c1C)[C@@H](C)C(=O)N1COC[C@H]1Cc1ccccc1. The van der Waals surface area contributed by atoms with E-state index in [0.29, 0.717) is 13.3 Å². The van der Waals surface area contributed by atoms with E-state index < -0.39 is 5.92 Å². The molecule has 51 heavy (non-hydrogen) atoms. The van der Waals surface area contributed by atoms with Gasteiger partial charge in [0, 0.05) is 56.0 Å². The van der Waals surface area contributed by atoms with Crippen LogP contribution in [0, 0.1) is 12.8 Å². The van der Waals surface area contributed by atoms with Gasteiger partial charge in [0.15, 0.2) is 0 Å². The predicted molar refractivity (Wildman–Crippen MR) is 202 cm³/mol. The number of aryl methyl sites for hydroxylation is 2. The summed E-state index contributed by atoms with van der Waals surface area (Å²) in [5, 5.41) is 8.92. The zero-order valence-corrected chi connectivity index (χ0v) is 31.2. The Morgan fingerprint density at radius 3 is 2.67 bits per heavy atom. The second-order valence-corrected chi connectivity index (χ2v) is 14.8. The lowest BCUT2D eigenvalue weighted by molar-refractivity contribution is -0.137. The molecule has 0 radical (unpaired) electrons. The molecule has 3 atom stereocenters. The Morgan fingerprint density at radius 1 is 1.12 bits per heavy atom. The molecule has 2 aromatic heterocycles. The standard InChI is InChI=1S/C42H52N6O3/c1-9-48-37-18-17-36(31(5)40(37)44-45-48)39(32(6)41(49)47-27-50-25-35(47)21-33-13-11-10-12-14-33)29(3)16-15-28(2)30(4)23-46-24-34-22-43-20-19-38(34)51-42(7,8)26-46/h10-20,22,32,35,39H,3,9,21,23-27H2,1-2,4-8H3/b16-15-,30-28+/t32-,35-,39-/m1/s1. The molecule has 0 spiro atoms. The van der Waals surface area contributed by atoms with E-state index in [4.69, 9.17) is 9.47 Å². The molecule has 2 aromatic carbocycles. The van der Waals surface area contributed by atoms with Gasteiger partial charge in [-0.15, -0.1) is 5.10 Å². The highest BCUT2D eigenvalue weighted by Gasteiger charge is 2.37. The molecule has 0 aliphatic carbocycles. The molecule has 9 heteroatoms. The number of pyridine rings is 1. The van der Waals surface area contributed by atoms with E-state index in [0.717, 1.165) is 77.2 Å². The highest BCUT2D eigenvalue weighted by Crippen LogP contribution is 2.38. The normalized spacial score (nSPS) is 19.4. The molecule has 4 aromatic rings. The first-order valence-corrected chi connectivity index (χ1v) is 18.1. The molecule has 2 aliphatic heterocycles. The monoisotopic (exact) mass is 688 g/mol. The zero-order valence-electron chi connectivity index (χ0n) is 31.2. The Hall–Kier alpha value is -4.60. The van der Waals surface area contributed by atoms with Crippen molar-refractivity contribution in [2.75, 3.05) is 26.4 Å². The van der Waals surface area contributed by atoms with Gasteiger partial charge in [0.05, 0.1) is 18.2 Å². The number of hydrogen-bond acceptors (Lipinski definition) is 7. The second-order valence-electron chi connectivity index (χ2n) is 14.8. The molecule has 268 valence electrons. The number of hydrogen-bond donors (Lipinski definition) is 0. The van der Waals surface area contributed by atoms with Crippen molar-refractivity contribution in [1.82, 2.24) is 29.8 Å². The minimum Gasteiger partial charge on any atom is -0.486 e. The van der Waals surface area contributed by atoms with Crippen LogP contribution in [-0.4, -0.2) is 73.8 Å². The maximum Gasteiger partial charge on any atom is 0.228 e. The van der Waals surface area contributed by atoms with Crippen LogP contribution in [0.2, 0.25) is 0 Å². The summed E-state index contributed by atoms with van der Waals surface area (Å²) < 4.78 is 14.1. The minimum absolute atomic E-state index is 0.0234. The Labute approximate surface area is 302 Å². The first-order chi connectivity index (χ1) is 24.5. The maximum absolute atomic E-state index is 14.4. The van der Waals surface area contributed by atoms with E-state index >= 15 is 0 Å². The molecule has 0 N–H and O–H groups in total. The van der Waals surface area contributed by atoms with Crippen molar-refractivity contribution < 1.29 is 14.3 Å². The van der Waals surface area contributed by atoms with Crippen LogP contribution in [0.3, 0.4) is 0 Å². The van der Waals surface area contributed by atoms with Gasteiger partial charge in [-0.3, -0.25) is 14.7 Å². The summed E-state index contributed by atoms with van der Waals surface area (Å²) in [6, 6.07) is 16.5. The topological polar surface area (TPSA) is 85.6 Å². The van der Waals surface area contributed by atoms with Gasteiger partial charge in [0.2, 0.25) is 5.91 Å². The fourth-order valence-electron chi connectivity index (χ4n) is 7.58. The summed E-state index contributed by atoms with van der Waals surface area (Å²) in [6.07, 6.45) is 8.69. The molecule has 2 aliphatic rings. The van der Waals surface area contributed by atoms with E-state index in [-0.39, 0.29) is 23.5 Å². The van der Waals surface area contributed by atoms with Crippen LogP contribution >= 0.6 is 0 Å². The summed E-state index contributed by atoms with van der Waals surface area (Å²) in [5.41, 5.74) is 9.16. The molecule has 1 fully saturated rings. The van der Waals surface area contributed by atoms with Crippen molar-refractivity contribution in [2.24, 2.45) is 5.92 Å². The van der Waals surface area contributed by atoms with Gasteiger partial charge in [-0.2, -0.15) is 0 Å². The average Bonchev–Trinajstić information content (AvgIpc) is 3.73. The number of rotatable bonds is 11. The quantitative estimate of drug-likeness (QED) is 0.152. The highest BCUT2D eigenvalue weighted by molar-refractivity contribution is 5.83. The number of nitrogens with zero attached hydrogens (tertiary/aromatic N) is 6. The smallest absolute Gasteiger partial charge is 0.228 e. The van der Waals surface area contributed by atoms with Gasteiger partial charge in [-0.1, -0.05) is 78.4 Å². The molecule has 0 unspecified atom stereocenters. The fourth-order valence-corrected chi connectivity index (χ4v) is 7.58. The molecular weight excluding hydrogens is 637 g/mol. The molecular formula is C42H52N6O3. The van der Waals surface area contributed by atoms with Crippen LogP contribution in [0.15, 0.2) is 96.4 Å². The number of ether oxygens (including phenoxy) is 2. The van der Waals surface area contributed by atoms with Crippen molar-refractivity contribution in [3.8, 4) is 5.75 Å². The van der Waals surface area contributed by atoms with Crippen molar-refractivity contribution in [1.29, 1.82) is 0 Å². The lowest BCUT2D eigenvalue weighted by Crippen LogP contribution is -2.42. The van der Waals surface area contributed by atoms with Gasteiger partial charge in [0.1, 0.15) is 23.6 Å². The van der Waals surface area contributed by atoms with Crippen LogP contribution in [0.4, 0.5) is 0 Å². The Balaban J connectivity index is 1.27. The van der Waals surface area contributed by atoms with E-state index in [1.807, 2.05) is 47.0 Å². The van der Waals surface area contributed by atoms with Crippen LogP contribution < -0.4 is 4.74 Å². The van der Waals surface area contributed by atoms with E-state index in [1.54, 1.807) is 6.20 Å². The second kappa shape index (κ2) is 15.3. The Morgan fingerprint density at radius 2 is 1.90 bits per heavy atom. The van der Waals surface area contributed by atoms with Crippen LogP contribution in [0.1, 0.15) is 69.7 Å². The predicted octanol–water partition coefficient (Wildman–Crippen LogP) is 7.42. The van der Waals surface area contributed by atoms with Crippen molar-refractivity contribution in [3.63, 3.8) is 0 Å². The van der Waals surface area contributed by atoms with Gasteiger partial charge < -0.3 is 14.4 Å². The maximum atomic E-state index is 14.4. The number of amides is 1. The minimum atomic E-state index is -0.391. The summed E-state index contributed by atoms with van der Waals surface area (Å²) in [6.45, 7) is 23.3. The number of aromatic nitrogens is 4. The van der Waals surface area contributed by atoms with Crippen molar-refractivity contribution in [2.45, 2.75) is 85.5 Å². The fraction of sp³-hybridized carbons (Fsp3) is 0.429. The lowest BCUT2D eigenvalue weighted by Gasteiger charge is -2.31. The summed E-state index contributed by atoms with van der Waals surface area (Å²) in [5.74, 6) is 0.301. The third-order valence-corrected chi connectivity index (χ3v) is 10.4. The first kappa shape index (κ1) is 36.2. The summed E-state index contributed by atoms with van der Waals surface area (Å²) in [4.78, 5) is 23.1. The molecule has 0 saturated carbocycles. The van der Waals surface area contributed by atoms with Gasteiger partial charge in [-0.05, 0) is 82.4 Å². The molecule has 0 bridgehead atoms. The number of benzene rings is 2. The van der Waals surface area contributed by atoms with Crippen molar-refractivity contribution in [3.05, 3.63) is 119 Å². The lowest BCUT2D eigenvalue weighted by atomic mass is 9.78. The van der Waals surface area contributed by atoms with Gasteiger partial charge in [-0.25, -0.2) is 4.68 Å². The van der Waals surface area contributed by atoms with Crippen LogP contribution in [0.25, 0.3) is 11.0 Å². The van der Waals surface area contributed by atoms with Gasteiger partial charge in [0.25, 0.3) is 0 Å². The van der Waals surface area contributed by atoms with Crippen LogP contribution in [-0.2, 0) is 29.0 Å². The average molecular weight is 689 g/mol. The zero-order chi connectivity index (χ0) is 36.3. The molecule has 1 saturated heterocycles. The van der Waals surface area contributed by atoms with Crippen molar-refractivity contribution >= 4 is 16.9 Å². The molecule has 9 nitrogen and oxygen atoms in total. The third kappa shape index (κ3) is 8.00. The Kier molecular flexibility index (Phi) is 10.9. The Bertz CT molecular complexity index is 1940. The van der Waals surface area contributed by atoms with E-state index in [1.165, 1.54) is 11.1 Å². The number of allylic oxidation sites excluding steroid dienone is 4. The highest BCUT2D eigenvalue weighted by atomic mass is 16.5. The molecule has 1 amide bonds. The number of fused-ring (bicyclic) bond motifs is 2. The number of carbonyl (C=O) groups is 1. The van der Waals surface area contributed by atoms with E-state index in [9.17, 15) is 4.79 Å². The van der Waals surface area contributed by atoms with Gasteiger partial charge >= 0.3 is 0 Å².